The zero-order valence-corrected chi connectivity index (χ0v) is 12.9. The first kappa shape index (κ1) is 16.8. The zero-order valence-electron chi connectivity index (χ0n) is 12.1. The Bertz CT molecular complexity index is 737. The molecule has 0 saturated carbocycles. The van der Waals surface area contributed by atoms with Crippen LogP contribution < -0.4 is 0 Å². The number of halogens is 1. The van der Waals surface area contributed by atoms with Gasteiger partial charge in [0.15, 0.2) is 5.78 Å². The number of phenols is 2. The van der Waals surface area contributed by atoms with Crippen molar-refractivity contribution in [2.45, 2.75) is 19.3 Å². The fourth-order valence-electron chi connectivity index (χ4n) is 2.23. The fourth-order valence-corrected chi connectivity index (χ4v) is 2.35. The topological polar surface area (TPSA) is 94.8 Å². The maximum Gasteiger partial charge on any atom is 0.303 e. The quantitative estimate of drug-likeness (QED) is 0.556. The number of rotatable bonds is 6. The molecular weight excluding hydrogens is 320 g/mol. The zero-order chi connectivity index (χ0) is 17.0. The van der Waals surface area contributed by atoms with Crippen LogP contribution in [0.3, 0.4) is 0 Å². The van der Waals surface area contributed by atoms with E-state index in [1.54, 1.807) is 12.1 Å². The monoisotopic (exact) mass is 334 g/mol. The highest BCUT2D eigenvalue weighted by Gasteiger charge is 2.18. The van der Waals surface area contributed by atoms with E-state index in [0.29, 0.717) is 22.6 Å². The van der Waals surface area contributed by atoms with E-state index in [1.807, 2.05) is 0 Å². The van der Waals surface area contributed by atoms with Crippen LogP contribution in [0.15, 0.2) is 36.4 Å². The number of phenolic OH excluding ortho intramolecular Hbond substituents is 2. The third kappa shape index (κ3) is 4.23. The second kappa shape index (κ2) is 7.15. The summed E-state index contributed by atoms with van der Waals surface area (Å²) in [6.45, 7) is 0. The fraction of sp³-hybridized carbons (Fsp3) is 0.176. The smallest absolute Gasteiger partial charge is 0.303 e. The van der Waals surface area contributed by atoms with Gasteiger partial charge in [-0.2, -0.15) is 0 Å². The summed E-state index contributed by atoms with van der Waals surface area (Å²) >= 11 is 5.78. The van der Waals surface area contributed by atoms with Crippen LogP contribution in [0.4, 0.5) is 0 Å². The van der Waals surface area contributed by atoms with Crippen LogP contribution in [0, 0.1) is 0 Å². The Balaban J connectivity index is 2.31. The molecule has 0 aromatic heterocycles. The summed E-state index contributed by atoms with van der Waals surface area (Å²) in [7, 11) is 0. The molecule has 0 aliphatic rings. The van der Waals surface area contributed by atoms with Crippen molar-refractivity contribution in [3.63, 3.8) is 0 Å². The van der Waals surface area contributed by atoms with Crippen LogP contribution in [0.1, 0.15) is 34.3 Å². The maximum absolute atomic E-state index is 12.5. The van der Waals surface area contributed by atoms with Crippen molar-refractivity contribution in [2.24, 2.45) is 0 Å². The summed E-state index contributed by atoms with van der Waals surface area (Å²) in [5.41, 5.74) is 0.632. The van der Waals surface area contributed by atoms with Gasteiger partial charge in [0.05, 0.1) is 5.56 Å². The number of aliphatic carboxylic acids is 1. The number of ketones is 1. The molecule has 0 aliphatic heterocycles. The van der Waals surface area contributed by atoms with Gasteiger partial charge in [0.2, 0.25) is 0 Å². The molecular formula is C17H15ClO5. The second-order valence-electron chi connectivity index (χ2n) is 5.08. The maximum atomic E-state index is 12.5. The molecule has 0 spiro atoms. The normalized spacial score (nSPS) is 10.5. The highest BCUT2D eigenvalue weighted by atomic mass is 35.5. The molecule has 0 saturated heterocycles. The second-order valence-corrected chi connectivity index (χ2v) is 5.52. The summed E-state index contributed by atoms with van der Waals surface area (Å²) in [6, 6.07) is 8.68. The van der Waals surface area contributed by atoms with Crippen molar-refractivity contribution >= 4 is 23.4 Å². The Morgan fingerprint density at radius 3 is 2.30 bits per heavy atom. The molecule has 0 aliphatic carbocycles. The van der Waals surface area contributed by atoms with Gasteiger partial charge in [-0.25, -0.2) is 0 Å². The third-order valence-electron chi connectivity index (χ3n) is 3.36. The van der Waals surface area contributed by atoms with Crippen LogP contribution in [0.2, 0.25) is 5.02 Å². The van der Waals surface area contributed by atoms with E-state index in [-0.39, 0.29) is 29.9 Å². The van der Waals surface area contributed by atoms with Crippen molar-refractivity contribution in [3.8, 4) is 11.5 Å². The first-order valence-corrected chi connectivity index (χ1v) is 7.33. The SMILES string of the molecule is O=C(O)CCCc1cc(O)cc(C(=O)c2ccc(Cl)cc2)c1O. The molecule has 23 heavy (non-hydrogen) atoms. The van der Waals surface area contributed by atoms with Gasteiger partial charge < -0.3 is 15.3 Å². The van der Waals surface area contributed by atoms with Crippen LogP contribution in [0.5, 0.6) is 11.5 Å². The standard InChI is InChI=1S/C17H15ClO5/c18-12-6-4-10(5-7-12)16(22)14-9-13(19)8-11(17(14)23)2-1-3-15(20)21/h4-9,19,23H,1-3H2,(H,20,21). The number of carbonyl (C=O) groups is 2. The van der Waals surface area contributed by atoms with Gasteiger partial charge in [-0.15, -0.1) is 0 Å². The molecule has 5 nitrogen and oxygen atoms in total. The number of hydrogen-bond acceptors (Lipinski definition) is 4. The van der Waals surface area contributed by atoms with Crippen LogP contribution >= 0.6 is 11.6 Å². The summed E-state index contributed by atoms with van der Waals surface area (Å²) in [5, 5.41) is 29.2. The Morgan fingerprint density at radius 1 is 1.04 bits per heavy atom. The minimum Gasteiger partial charge on any atom is -0.508 e. The summed E-state index contributed by atoms with van der Waals surface area (Å²) in [5.74, 6) is -1.80. The molecule has 0 unspecified atom stereocenters. The van der Waals surface area contributed by atoms with Gasteiger partial charge in [-0.1, -0.05) is 11.6 Å². The van der Waals surface area contributed by atoms with Crippen LogP contribution in [-0.2, 0) is 11.2 Å². The van der Waals surface area contributed by atoms with Crippen molar-refractivity contribution in [2.75, 3.05) is 0 Å². The Kier molecular flexibility index (Phi) is 5.24. The van der Waals surface area contributed by atoms with E-state index < -0.39 is 11.8 Å². The number of benzene rings is 2. The average molecular weight is 335 g/mol. The molecule has 0 fully saturated rings. The predicted octanol–water partition coefficient (Wildman–Crippen LogP) is 3.39. The lowest BCUT2D eigenvalue weighted by atomic mass is 9.97. The highest BCUT2D eigenvalue weighted by molar-refractivity contribution is 6.30. The van der Waals surface area contributed by atoms with Crippen molar-refractivity contribution in [1.82, 2.24) is 0 Å². The van der Waals surface area contributed by atoms with Gasteiger partial charge in [-0.3, -0.25) is 9.59 Å². The number of aromatic hydroxyl groups is 2. The van der Waals surface area contributed by atoms with Crippen LogP contribution in [-0.4, -0.2) is 27.1 Å². The Labute approximate surface area is 137 Å². The molecule has 2 rings (SSSR count). The van der Waals surface area contributed by atoms with Crippen molar-refractivity contribution < 1.29 is 24.9 Å². The number of aryl methyl sites for hydroxylation is 1. The van der Waals surface area contributed by atoms with Gasteiger partial charge >= 0.3 is 5.97 Å². The van der Waals surface area contributed by atoms with E-state index >= 15 is 0 Å². The average Bonchev–Trinajstić information content (AvgIpc) is 2.50. The van der Waals surface area contributed by atoms with Crippen molar-refractivity contribution in [1.29, 1.82) is 0 Å². The summed E-state index contributed by atoms with van der Waals surface area (Å²) in [4.78, 5) is 23.0. The number of carboxylic acids is 1. The summed E-state index contributed by atoms with van der Waals surface area (Å²) in [6.07, 6.45) is 0.476. The summed E-state index contributed by atoms with van der Waals surface area (Å²) < 4.78 is 0. The van der Waals surface area contributed by atoms with Crippen molar-refractivity contribution in [3.05, 3.63) is 58.1 Å². The molecule has 0 radical (unpaired) electrons. The van der Waals surface area contributed by atoms with Gasteiger partial charge in [0.1, 0.15) is 11.5 Å². The van der Waals surface area contributed by atoms with Crippen LogP contribution in [0.25, 0.3) is 0 Å². The molecule has 0 heterocycles. The minimum absolute atomic E-state index is 0.0300. The van der Waals surface area contributed by atoms with E-state index in [1.165, 1.54) is 24.3 Å². The molecule has 2 aromatic carbocycles. The largest absolute Gasteiger partial charge is 0.508 e. The molecule has 0 atom stereocenters. The highest BCUT2D eigenvalue weighted by Crippen LogP contribution is 2.31. The van der Waals surface area contributed by atoms with E-state index in [2.05, 4.69) is 0 Å². The van der Waals surface area contributed by atoms with Gasteiger partial charge in [0.25, 0.3) is 0 Å². The lowest BCUT2D eigenvalue weighted by Gasteiger charge is -2.10. The lowest BCUT2D eigenvalue weighted by molar-refractivity contribution is -0.137. The number of carbonyl (C=O) groups excluding carboxylic acids is 1. The lowest BCUT2D eigenvalue weighted by Crippen LogP contribution is -2.04. The number of hydrogen-bond donors (Lipinski definition) is 3. The predicted molar refractivity (Wildman–Crippen MR) is 85.2 cm³/mol. The van der Waals surface area contributed by atoms with E-state index in [0.717, 1.165) is 0 Å². The van der Waals surface area contributed by atoms with Gasteiger partial charge in [0, 0.05) is 17.0 Å². The molecule has 2 aromatic rings. The van der Waals surface area contributed by atoms with Gasteiger partial charge in [-0.05, 0) is 54.8 Å². The Hall–Kier alpha value is -2.53. The molecule has 0 bridgehead atoms. The molecule has 3 N–H and O–H groups in total. The minimum atomic E-state index is -0.942. The molecule has 0 amide bonds. The first-order chi connectivity index (χ1) is 10.9. The molecule has 120 valence electrons. The first-order valence-electron chi connectivity index (χ1n) is 6.95. The molecule has 6 heteroatoms. The number of carboxylic acid groups (broad SMARTS) is 1. The van der Waals surface area contributed by atoms with E-state index in [9.17, 15) is 19.8 Å². The third-order valence-corrected chi connectivity index (χ3v) is 3.61. The Morgan fingerprint density at radius 2 is 1.70 bits per heavy atom. The van der Waals surface area contributed by atoms with E-state index in [4.69, 9.17) is 16.7 Å².